The zero-order chi connectivity index (χ0) is 16.4. The van der Waals surface area contributed by atoms with E-state index >= 15 is 0 Å². The van der Waals surface area contributed by atoms with Gasteiger partial charge in [0.25, 0.3) is 5.69 Å². The van der Waals surface area contributed by atoms with Crippen molar-refractivity contribution in [2.75, 3.05) is 5.32 Å². The number of rotatable bonds is 4. The first-order valence-electron chi connectivity index (χ1n) is 7.09. The van der Waals surface area contributed by atoms with Crippen molar-refractivity contribution in [2.45, 2.75) is 13.8 Å². The lowest BCUT2D eigenvalue weighted by atomic mass is 10.1. The Morgan fingerprint density at radius 2 is 1.70 bits per heavy atom. The first-order chi connectivity index (χ1) is 11.0. The van der Waals surface area contributed by atoms with E-state index < -0.39 is 4.92 Å². The molecular formula is C17H15N3O2S. The van der Waals surface area contributed by atoms with Gasteiger partial charge in [-0.1, -0.05) is 29.8 Å². The highest BCUT2D eigenvalue weighted by Crippen LogP contribution is 2.32. The molecule has 0 spiro atoms. The smallest absolute Gasteiger partial charge is 0.269 e. The van der Waals surface area contributed by atoms with E-state index in [1.807, 2.05) is 6.92 Å². The fraction of sp³-hybridized carbons (Fsp3) is 0.118. The van der Waals surface area contributed by atoms with E-state index in [2.05, 4.69) is 41.5 Å². The van der Waals surface area contributed by atoms with Crippen LogP contribution in [0.15, 0.2) is 48.5 Å². The van der Waals surface area contributed by atoms with Gasteiger partial charge >= 0.3 is 0 Å². The van der Waals surface area contributed by atoms with Gasteiger partial charge in [0.1, 0.15) is 0 Å². The van der Waals surface area contributed by atoms with Gasteiger partial charge in [0.15, 0.2) is 5.13 Å². The van der Waals surface area contributed by atoms with Gasteiger partial charge < -0.3 is 5.32 Å². The Bertz CT molecular complexity index is 839. The molecule has 0 unspecified atom stereocenters. The molecule has 0 saturated heterocycles. The van der Waals surface area contributed by atoms with E-state index in [4.69, 9.17) is 0 Å². The second-order valence-electron chi connectivity index (χ2n) is 5.22. The second-order valence-corrected chi connectivity index (χ2v) is 6.42. The Morgan fingerprint density at radius 1 is 1.04 bits per heavy atom. The van der Waals surface area contributed by atoms with Crippen LogP contribution in [0, 0.1) is 24.0 Å². The molecule has 1 heterocycles. The number of hydrogen-bond donors (Lipinski definition) is 1. The van der Waals surface area contributed by atoms with Crippen molar-refractivity contribution < 1.29 is 4.92 Å². The summed E-state index contributed by atoms with van der Waals surface area (Å²) in [5.74, 6) is 0. The van der Waals surface area contributed by atoms with Gasteiger partial charge in [0.2, 0.25) is 0 Å². The van der Waals surface area contributed by atoms with Crippen molar-refractivity contribution in [3.8, 4) is 11.3 Å². The Labute approximate surface area is 137 Å². The molecule has 0 aliphatic heterocycles. The van der Waals surface area contributed by atoms with Gasteiger partial charge in [0.05, 0.1) is 10.6 Å². The third kappa shape index (κ3) is 3.37. The molecule has 0 amide bonds. The quantitative estimate of drug-likeness (QED) is 0.536. The van der Waals surface area contributed by atoms with Crippen LogP contribution >= 0.6 is 11.3 Å². The number of anilines is 2. The van der Waals surface area contributed by atoms with Gasteiger partial charge in [-0.3, -0.25) is 10.1 Å². The lowest BCUT2D eigenvalue weighted by molar-refractivity contribution is -0.384. The molecule has 6 heteroatoms. The molecule has 3 rings (SSSR count). The predicted octanol–water partition coefficient (Wildman–Crippen LogP) is 5.08. The van der Waals surface area contributed by atoms with Crippen molar-refractivity contribution in [1.29, 1.82) is 0 Å². The third-order valence-corrected chi connectivity index (χ3v) is 4.34. The highest BCUT2D eigenvalue weighted by Gasteiger charge is 2.10. The standard InChI is InChI=1S/C17H15N3O2S/c1-11-3-5-13(6-4-11)16-12(2)23-17(19-16)18-14-7-9-15(10-8-14)20(21)22/h3-10H,1-2H3,(H,18,19). The van der Waals surface area contributed by atoms with Crippen LogP contribution in [0.2, 0.25) is 0 Å². The summed E-state index contributed by atoms with van der Waals surface area (Å²) < 4.78 is 0. The molecule has 3 aromatic rings. The van der Waals surface area contributed by atoms with Crippen molar-refractivity contribution in [1.82, 2.24) is 4.98 Å². The number of nitro groups is 1. The minimum Gasteiger partial charge on any atom is -0.332 e. The maximum Gasteiger partial charge on any atom is 0.269 e. The number of aryl methyl sites for hydroxylation is 2. The third-order valence-electron chi connectivity index (χ3n) is 3.45. The maximum absolute atomic E-state index is 10.7. The summed E-state index contributed by atoms with van der Waals surface area (Å²) >= 11 is 1.56. The van der Waals surface area contributed by atoms with Crippen LogP contribution in [0.5, 0.6) is 0 Å². The predicted molar refractivity (Wildman–Crippen MR) is 93.4 cm³/mol. The Kier molecular flexibility index (Phi) is 4.08. The molecule has 23 heavy (non-hydrogen) atoms. The second kappa shape index (κ2) is 6.18. The maximum atomic E-state index is 10.7. The van der Waals surface area contributed by atoms with Gasteiger partial charge in [-0.05, 0) is 26.0 Å². The fourth-order valence-electron chi connectivity index (χ4n) is 2.22. The lowest BCUT2D eigenvalue weighted by Crippen LogP contribution is -1.91. The molecule has 1 N–H and O–H groups in total. The highest BCUT2D eigenvalue weighted by atomic mass is 32.1. The van der Waals surface area contributed by atoms with Crippen LogP contribution in [-0.2, 0) is 0 Å². The first-order valence-corrected chi connectivity index (χ1v) is 7.90. The van der Waals surface area contributed by atoms with Gasteiger partial charge in [0, 0.05) is 28.3 Å². The average Bonchev–Trinajstić information content (AvgIpc) is 2.89. The van der Waals surface area contributed by atoms with Gasteiger partial charge in [-0.25, -0.2) is 4.98 Å². The number of thiazole rings is 1. The van der Waals surface area contributed by atoms with Gasteiger partial charge in [-0.15, -0.1) is 11.3 Å². The molecule has 0 radical (unpaired) electrons. The number of nitrogens with one attached hydrogen (secondary N) is 1. The van der Waals surface area contributed by atoms with Crippen molar-refractivity contribution in [3.63, 3.8) is 0 Å². The molecule has 0 saturated carbocycles. The van der Waals surface area contributed by atoms with E-state index in [0.29, 0.717) is 0 Å². The number of non-ortho nitro benzene ring substituents is 1. The number of benzene rings is 2. The number of aromatic nitrogens is 1. The summed E-state index contributed by atoms with van der Waals surface area (Å²) in [5, 5.41) is 14.6. The van der Waals surface area contributed by atoms with Crippen LogP contribution < -0.4 is 5.32 Å². The number of hydrogen-bond acceptors (Lipinski definition) is 5. The number of nitro benzene ring substituents is 1. The Morgan fingerprint density at radius 3 is 2.30 bits per heavy atom. The molecule has 0 fully saturated rings. The SMILES string of the molecule is Cc1ccc(-c2nc(Nc3ccc([N+](=O)[O-])cc3)sc2C)cc1. The van der Waals surface area contributed by atoms with Crippen LogP contribution in [0.1, 0.15) is 10.4 Å². The van der Waals surface area contributed by atoms with Crippen molar-refractivity contribution in [3.05, 3.63) is 69.1 Å². The molecule has 0 aliphatic rings. The summed E-state index contributed by atoms with van der Waals surface area (Å²) in [7, 11) is 0. The van der Waals surface area contributed by atoms with Crippen LogP contribution in [0.25, 0.3) is 11.3 Å². The summed E-state index contributed by atoms with van der Waals surface area (Å²) in [5.41, 5.74) is 4.11. The van der Waals surface area contributed by atoms with Gasteiger partial charge in [-0.2, -0.15) is 0 Å². The van der Waals surface area contributed by atoms with Crippen molar-refractivity contribution in [2.24, 2.45) is 0 Å². The molecular weight excluding hydrogens is 310 g/mol. The van der Waals surface area contributed by atoms with E-state index in [9.17, 15) is 10.1 Å². The van der Waals surface area contributed by atoms with Crippen molar-refractivity contribution >= 4 is 27.8 Å². The zero-order valence-electron chi connectivity index (χ0n) is 12.7. The van der Waals surface area contributed by atoms with E-state index in [1.54, 1.807) is 23.5 Å². The molecule has 5 nitrogen and oxygen atoms in total. The van der Waals surface area contributed by atoms with Crippen LogP contribution in [-0.4, -0.2) is 9.91 Å². The van der Waals surface area contributed by atoms with E-state index in [0.717, 1.165) is 27.0 Å². The molecule has 1 aromatic heterocycles. The largest absolute Gasteiger partial charge is 0.332 e. The molecule has 0 atom stereocenters. The normalized spacial score (nSPS) is 10.5. The minimum atomic E-state index is -0.410. The topological polar surface area (TPSA) is 68.1 Å². The lowest BCUT2D eigenvalue weighted by Gasteiger charge is -2.02. The Hall–Kier alpha value is -2.73. The zero-order valence-corrected chi connectivity index (χ0v) is 13.6. The Balaban J connectivity index is 1.83. The fourth-order valence-corrected chi connectivity index (χ4v) is 3.08. The molecule has 0 aliphatic carbocycles. The average molecular weight is 325 g/mol. The van der Waals surface area contributed by atoms with E-state index in [-0.39, 0.29) is 5.69 Å². The summed E-state index contributed by atoms with van der Waals surface area (Å²) in [4.78, 5) is 16.0. The van der Waals surface area contributed by atoms with E-state index in [1.165, 1.54) is 17.7 Å². The summed E-state index contributed by atoms with van der Waals surface area (Å²) in [6.45, 7) is 4.09. The molecule has 0 bridgehead atoms. The highest BCUT2D eigenvalue weighted by molar-refractivity contribution is 7.16. The van der Waals surface area contributed by atoms with Crippen LogP contribution in [0.3, 0.4) is 0 Å². The first kappa shape index (κ1) is 15.2. The summed E-state index contributed by atoms with van der Waals surface area (Å²) in [6, 6.07) is 14.6. The number of nitrogens with zero attached hydrogens (tertiary/aromatic N) is 2. The molecule has 116 valence electrons. The molecule has 2 aromatic carbocycles. The minimum absolute atomic E-state index is 0.0752. The van der Waals surface area contributed by atoms with Crippen LogP contribution in [0.4, 0.5) is 16.5 Å². The monoisotopic (exact) mass is 325 g/mol. The summed E-state index contributed by atoms with van der Waals surface area (Å²) in [6.07, 6.45) is 0.